The van der Waals surface area contributed by atoms with Crippen LogP contribution in [0, 0.1) is 0 Å². The molecule has 4 heteroatoms. The summed E-state index contributed by atoms with van der Waals surface area (Å²) < 4.78 is 11.1. The average Bonchev–Trinajstić information content (AvgIpc) is 2.56. The molecule has 15 heavy (non-hydrogen) atoms. The van der Waals surface area contributed by atoms with Crippen LogP contribution in [0.3, 0.4) is 0 Å². The van der Waals surface area contributed by atoms with E-state index in [-0.39, 0.29) is 0 Å². The fourth-order valence-electron chi connectivity index (χ4n) is 2.15. The zero-order chi connectivity index (χ0) is 10.3. The van der Waals surface area contributed by atoms with Crippen molar-refractivity contribution in [3.05, 3.63) is 0 Å². The highest BCUT2D eigenvalue weighted by molar-refractivity contribution is 4.70. The lowest BCUT2D eigenvalue weighted by molar-refractivity contribution is 0.0172. The summed E-state index contributed by atoms with van der Waals surface area (Å²) in [6.07, 6.45) is 2.74. The van der Waals surface area contributed by atoms with Gasteiger partial charge < -0.3 is 19.7 Å². The molecule has 0 amide bonds. The molecule has 0 bridgehead atoms. The van der Waals surface area contributed by atoms with Gasteiger partial charge >= 0.3 is 0 Å². The maximum atomic E-state index is 5.68. The van der Waals surface area contributed by atoms with Crippen molar-refractivity contribution >= 4 is 0 Å². The van der Waals surface area contributed by atoms with E-state index in [0.29, 0.717) is 6.10 Å². The van der Waals surface area contributed by atoms with Crippen molar-refractivity contribution in [3.63, 3.8) is 0 Å². The number of hydrogen-bond acceptors (Lipinski definition) is 4. The van der Waals surface area contributed by atoms with Crippen LogP contribution >= 0.6 is 0 Å². The van der Waals surface area contributed by atoms with Gasteiger partial charge in [0.1, 0.15) is 0 Å². The molecule has 1 atom stereocenters. The van der Waals surface area contributed by atoms with Crippen LogP contribution < -0.4 is 5.32 Å². The third kappa shape index (κ3) is 4.07. The quantitative estimate of drug-likeness (QED) is 0.722. The summed E-state index contributed by atoms with van der Waals surface area (Å²) in [6.45, 7) is 8.13. The zero-order valence-corrected chi connectivity index (χ0v) is 9.41. The molecule has 1 N–H and O–H groups in total. The highest BCUT2D eigenvalue weighted by Gasteiger charge is 2.15. The predicted octanol–water partition coefficient (Wildman–Crippen LogP) is 0.0872. The van der Waals surface area contributed by atoms with E-state index in [0.717, 1.165) is 52.4 Å². The molecule has 0 saturated carbocycles. The molecular formula is C11H22N2O2. The number of rotatable bonds is 3. The van der Waals surface area contributed by atoms with Gasteiger partial charge in [0.2, 0.25) is 0 Å². The lowest BCUT2D eigenvalue weighted by atomic mass is 10.2. The number of nitrogens with zero attached hydrogens (tertiary/aromatic N) is 1. The first-order valence-corrected chi connectivity index (χ1v) is 6.07. The van der Waals surface area contributed by atoms with Gasteiger partial charge in [0, 0.05) is 39.3 Å². The second-order valence-electron chi connectivity index (χ2n) is 4.29. The molecule has 88 valence electrons. The number of morpholine rings is 1. The summed E-state index contributed by atoms with van der Waals surface area (Å²) in [7, 11) is 0. The Morgan fingerprint density at radius 3 is 3.07 bits per heavy atom. The van der Waals surface area contributed by atoms with Crippen molar-refractivity contribution in [2.45, 2.75) is 18.9 Å². The maximum absolute atomic E-state index is 5.68. The van der Waals surface area contributed by atoms with E-state index < -0.39 is 0 Å². The summed E-state index contributed by atoms with van der Waals surface area (Å²) >= 11 is 0. The number of ether oxygens (including phenoxy) is 2. The van der Waals surface area contributed by atoms with Crippen LogP contribution in [0.1, 0.15) is 12.8 Å². The molecular weight excluding hydrogens is 192 g/mol. The maximum Gasteiger partial charge on any atom is 0.0712 e. The van der Waals surface area contributed by atoms with Crippen LogP contribution in [-0.4, -0.2) is 63.5 Å². The molecule has 2 saturated heterocycles. The molecule has 1 unspecified atom stereocenters. The Morgan fingerprint density at radius 2 is 2.20 bits per heavy atom. The minimum atomic E-state index is 0.419. The molecule has 2 fully saturated rings. The zero-order valence-electron chi connectivity index (χ0n) is 9.41. The minimum Gasteiger partial charge on any atom is -0.380 e. The predicted molar refractivity (Wildman–Crippen MR) is 59.1 cm³/mol. The summed E-state index contributed by atoms with van der Waals surface area (Å²) in [6, 6.07) is 0. The molecule has 0 aromatic rings. The van der Waals surface area contributed by atoms with Gasteiger partial charge in [-0.05, 0) is 12.8 Å². The van der Waals surface area contributed by atoms with Gasteiger partial charge in [-0.3, -0.25) is 0 Å². The van der Waals surface area contributed by atoms with Crippen molar-refractivity contribution in [1.82, 2.24) is 10.2 Å². The van der Waals surface area contributed by atoms with Crippen LogP contribution in [0.15, 0.2) is 0 Å². The second kappa shape index (κ2) is 6.43. The van der Waals surface area contributed by atoms with Gasteiger partial charge in [-0.1, -0.05) is 0 Å². The summed E-state index contributed by atoms with van der Waals surface area (Å²) in [5, 5.41) is 3.37. The van der Waals surface area contributed by atoms with Gasteiger partial charge in [-0.25, -0.2) is 0 Å². The lowest BCUT2D eigenvalue weighted by Gasteiger charge is -2.26. The SMILES string of the molecule is C1COCCN(CCC2CNCCO2)C1. The monoisotopic (exact) mass is 214 g/mol. The normalized spacial score (nSPS) is 30.0. The largest absolute Gasteiger partial charge is 0.380 e. The Labute approximate surface area is 91.9 Å². The van der Waals surface area contributed by atoms with Crippen molar-refractivity contribution in [2.75, 3.05) is 52.5 Å². The van der Waals surface area contributed by atoms with E-state index in [2.05, 4.69) is 10.2 Å². The molecule has 0 aromatic carbocycles. The summed E-state index contributed by atoms with van der Waals surface area (Å²) in [5.41, 5.74) is 0. The van der Waals surface area contributed by atoms with E-state index >= 15 is 0 Å². The number of hydrogen-bond donors (Lipinski definition) is 1. The van der Waals surface area contributed by atoms with E-state index in [1.54, 1.807) is 0 Å². The van der Waals surface area contributed by atoms with E-state index in [1.165, 1.54) is 13.0 Å². The van der Waals surface area contributed by atoms with Crippen molar-refractivity contribution in [1.29, 1.82) is 0 Å². The molecule has 0 aromatic heterocycles. The highest BCUT2D eigenvalue weighted by Crippen LogP contribution is 2.05. The lowest BCUT2D eigenvalue weighted by Crippen LogP contribution is -2.40. The van der Waals surface area contributed by atoms with Crippen LogP contribution in [0.5, 0.6) is 0 Å². The minimum absolute atomic E-state index is 0.419. The first kappa shape index (κ1) is 11.3. The van der Waals surface area contributed by atoms with Crippen LogP contribution in [0.25, 0.3) is 0 Å². The highest BCUT2D eigenvalue weighted by atomic mass is 16.5. The Kier molecular flexibility index (Phi) is 4.86. The Morgan fingerprint density at radius 1 is 1.20 bits per heavy atom. The third-order valence-corrected chi connectivity index (χ3v) is 3.09. The molecule has 2 heterocycles. The third-order valence-electron chi connectivity index (χ3n) is 3.09. The van der Waals surface area contributed by atoms with Gasteiger partial charge in [-0.2, -0.15) is 0 Å². The van der Waals surface area contributed by atoms with Gasteiger partial charge in [0.15, 0.2) is 0 Å². The van der Waals surface area contributed by atoms with E-state index in [1.807, 2.05) is 0 Å². The van der Waals surface area contributed by atoms with Crippen LogP contribution in [-0.2, 0) is 9.47 Å². The number of nitrogens with one attached hydrogen (secondary N) is 1. The molecule has 0 aliphatic carbocycles. The smallest absolute Gasteiger partial charge is 0.0712 e. The molecule has 0 spiro atoms. The fraction of sp³-hybridized carbons (Fsp3) is 1.00. The first-order valence-electron chi connectivity index (χ1n) is 6.07. The fourth-order valence-corrected chi connectivity index (χ4v) is 2.15. The van der Waals surface area contributed by atoms with Crippen LogP contribution in [0.4, 0.5) is 0 Å². The van der Waals surface area contributed by atoms with Gasteiger partial charge in [0.05, 0.1) is 19.3 Å². The second-order valence-corrected chi connectivity index (χ2v) is 4.29. The molecule has 2 aliphatic rings. The van der Waals surface area contributed by atoms with E-state index in [9.17, 15) is 0 Å². The van der Waals surface area contributed by atoms with Gasteiger partial charge in [-0.15, -0.1) is 0 Å². The van der Waals surface area contributed by atoms with E-state index in [4.69, 9.17) is 9.47 Å². The van der Waals surface area contributed by atoms with Crippen molar-refractivity contribution < 1.29 is 9.47 Å². The standard InChI is InChI=1S/C11H22N2O2/c1-4-13(6-9-14-7-1)5-2-11-10-12-3-8-15-11/h11-12H,1-10H2. The average molecular weight is 214 g/mol. The Hall–Kier alpha value is -0.160. The topological polar surface area (TPSA) is 33.7 Å². The Balaban J connectivity index is 1.62. The molecule has 0 radical (unpaired) electrons. The molecule has 4 nitrogen and oxygen atoms in total. The first-order chi connectivity index (χ1) is 7.45. The van der Waals surface area contributed by atoms with Crippen LogP contribution in [0.2, 0.25) is 0 Å². The molecule has 2 aliphatic heterocycles. The van der Waals surface area contributed by atoms with Crippen molar-refractivity contribution in [3.8, 4) is 0 Å². The molecule has 2 rings (SSSR count). The Bertz CT molecular complexity index is 164. The van der Waals surface area contributed by atoms with Gasteiger partial charge in [0.25, 0.3) is 0 Å². The van der Waals surface area contributed by atoms with Crippen molar-refractivity contribution in [2.24, 2.45) is 0 Å². The summed E-state index contributed by atoms with van der Waals surface area (Å²) in [5.74, 6) is 0. The summed E-state index contributed by atoms with van der Waals surface area (Å²) in [4.78, 5) is 2.49.